The maximum absolute atomic E-state index is 10.9. The lowest BCUT2D eigenvalue weighted by Crippen LogP contribution is -2.56. The molecule has 1 spiro atoms. The van der Waals surface area contributed by atoms with Gasteiger partial charge in [0, 0.05) is 5.41 Å². The summed E-state index contributed by atoms with van der Waals surface area (Å²) in [7, 11) is 0. The van der Waals surface area contributed by atoms with Crippen molar-refractivity contribution in [3.05, 3.63) is 0 Å². The average Bonchev–Trinajstić information content (AvgIpc) is 2.23. The summed E-state index contributed by atoms with van der Waals surface area (Å²) < 4.78 is 0. The Balaban J connectivity index is 2.46. The van der Waals surface area contributed by atoms with Crippen LogP contribution in [-0.4, -0.2) is 21.9 Å². The first-order chi connectivity index (χ1) is 7.92. The van der Waals surface area contributed by atoms with Crippen LogP contribution in [0.25, 0.3) is 0 Å². The summed E-state index contributed by atoms with van der Waals surface area (Å²) >= 11 is 0. The number of rotatable bonds is 0. The molecule has 106 valence electrons. The fraction of sp³-hybridized carbons (Fsp3) is 1.00. The number of hydrogen-bond donors (Lipinski definition) is 2. The van der Waals surface area contributed by atoms with E-state index in [1.807, 2.05) is 6.92 Å². The van der Waals surface area contributed by atoms with Crippen molar-refractivity contribution >= 4 is 0 Å². The van der Waals surface area contributed by atoms with Gasteiger partial charge in [-0.05, 0) is 49.4 Å². The molecule has 2 nitrogen and oxygen atoms in total. The molecule has 2 N–H and O–H groups in total. The molecule has 2 rings (SSSR count). The van der Waals surface area contributed by atoms with Gasteiger partial charge < -0.3 is 10.2 Å². The van der Waals surface area contributed by atoms with Gasteiger partial charge in [0.05, 0.1) is 11.7 Å². The van der Waals surface area contributed by atoms with Gasteiger partial charge in [-0.2, -0.15) is 0 Å². The van der Waals surface area contributed by atoms with Gasteiger partial charge in [0.15, 0.2) is 0 Å². The summed E-state index contributed by atoms with van der Waals surface area (Å²) in [4.78, 5) is 0. The van der Waals surface area contributed by atoms with Crippen LogP contribution < -0.4 is 0 Å². The van der Waals surface area contributed by atoms with E-state index in [0.29, 0.717) is 5.92 Å². The molecule has 2 aliphatic carbocycles. The molecule has 2 aliphatic rings. The van der Waals surface area contributed by atoms with Crippen molar-refractivity contribution in [3.63, 3.8) is 0 Å². The molecular formula is C16H30O2. The van der Waals surface area contributed by atoms with Gasteiger partial charge in [0.1, 0.15) is 0 Å². The molecule has 3 atom stereocenters. The second kappa shape index (κ2) is 3.73. The van der Waals surface area contributed by atoms with E-state index in [9.17, 15) is 10.2 Å². The summed E-state index contributed by atoms with van der Waals surface area (Å²) in [5.41, 5.74) is -0.590. The quantitative estimate of drug-likeness (QED) is 0.696. The summed E-state index contributed by atoms with van der Waals surface area (Å²) in [6, 6.07) is 0. The van der Waals surface area contributed by atoms with Crippen LogP contribution in [0.15, 0.2) is 0 Å². The third-order valence-corrected chi connectivity index (χ3v) is 5.72. The fourth-order valence-corrected chi connectivity index (χ4v) is 5.52. The average molecular weight is 254 g/mol. The van der Waals surface area contributed by atoms with Crippen LogP contribution in [-0.2, 0) is 0 Å². The third kappa shape index (κ3) is 1.92. The van der Waals surface area contributed by atoms with E-state index >= 15 is 0 Å². The highest BCUT2D eigenvalue weighted by atomic mass is 16.3. The Labute approximate surface area is 112 Å². The lowest BCUT2D eigenvalue weighted by molar-refractivity contribution is -0.167. The molecule has 0 bridgehead atoms. The predicted molar refractivity (Wildman–Crippen MR) is 74.3 cm³/mol. The van der Waals surface area contributed by atoms with Gasteiger partial charge in [-0.25, -0.2) is 0 Å². The van der Waals surface area contributed by atoms with Crippen molar-refractivity contribution in [2.45, 2.75) is 78.9 Å². The largest absolute Gasteiger partial charge is 0.390 e. The topological polar surface area (TPSA) is 40.5 Å². The molecule has 0 aromatic rings. The minimum atomic E-state index is -0.943. The number of aliphatic hydroxyl groups excluding tert-OH is 1. The SMILES string of the molecule is CC1CC(O)C(C)(O)C12CC(C)(C)CC(C)(C)C2. The molecule has 0 radical (unpaired) electrons. The monoisotopic (exact) mass is 254 g/mol. The summed E-state index contributed by atoms with van der Waals surface area (Å²) in [5.74, 6) is 0.390. The van der Waals surface area contributed by atoms with Crippen molar-refractivity contribution in [2.75, 3.05) is 0 Å². The van der Waals surface area contributed by atoms with Gasteiger partial charge in [0.25, 0.3) is 0 Å². The first-order valence-corrected chi connectivity index (χ1v) is 7.32. The summed E-state index contributed by atoms with van der Waals surface area (Å²) in [6.07, 6.45) is 3.40. The molecule has 18 heavy (non-hydrogen) atoms. The molecule has 0 aliphatic heterocycles. The Morgan fingerprint density at radius 3 is 1.67 bits per heavy atom. The van der Waals surface area contributed by atoms with E-state index < -0.39 is 11.7 Å². The first kappa shape index (κ1) is 14.3. The Morgan fingerprint density at radius 1 is 0.889 bits per heavy atom. The van der Waals surface area contributed by atoms with E-state index in [4.69, 9.17) is 0 Å². The van der Waals surface area contributed by atoms with E-state index in [1.54, 1.807) is 0 Å². The Hall–Kier alpha value is -0.0800. The zero-order chi connectivity index (χ0) is 14.0. The molecule has 0 aromatic carbocycles. The minimum Gasteiger partial charge on any atom is -0.390 e. The third-order valence-electron chi connectivity index (χ3n) is 5.72. The highest BCUT2D eigenvalue weighted by molar-refractivity contribution is 5.14. The van der Waals surface area contributed by atoms with E-state index in [1.165, 1.54) is 6.42 Å². The standard InChI is InChI=1S/C16H30O2/c1-11-7-12(17)15(6,18)16(11)9-13(2,3)8-14(4,5)10-16/h11-12,17-18H,7-10H2,1-6H3. The molecular weight excluding hydrogens is 224 g/mol. The van der Waals surface area contributed by atoms with Crippen LogP contribution in [0.1, 0.15) is 67.2 Å². The van der Waals surface area contributed by atoms with Gasteiger partial charge >= 0.3 is 0 Å². The zero-order valence-electron chi connectivity index (χ0n) is 12.9. The lowest BCUT2D eigenvalue weighted by atomic mass is 9.49. The van der Waals surface area contributed by atoms with E-state index in [0.717, 1.165) is 19.3 Å². The maximum Gasteiger partial charge on any atom is 0.0936 e. The van der Waals surface area contributed by atoms with Crippen LogP contribution >= 0.6 is 0 Å². The van der Waals surface area contributed by atoms with E-state index in [-0.39, 0.29) is 16.2 Å². The fourth-order valence-electron chi connectivity index (χ4n) is 5.52. The lowest BCUT2D eigenvalue weighted by Gasteiger charge is -2.57. The molecule has 3 unspecified atom stereocenters. The predicted octanol–water partition coefficient (Wildman–Crippen LogP) is 3.36. The van der Waals surface area contributed by atoms with Gasteiger partial charge in [-0.1, -0.05) is 34.6 Å². The van der Waals surface area contributed by atoms with Crippen LogP contribution in [0.4, 0.5) is 0 Å². The Morgan fingerprint density at radius 2 is 1.33 bits per heavy atom. The van der Waals surface area contributed by atoms with Crippen molar-refractivity contribution in [1.29, 1.82) is 0 Å². The molecule has 0 heterocycles. The highest BCUT2D eigenvalue weighted by Gasteiger charge is 2.64. The van der Waals surface area contributed by atoms with Crippen molar-refractivity contribution < 1.29 is 10.2 Å². The molecule has 0 saturated heterocycles. The van der Waals surface area contributed by atoms with Crippen LogP contribution in [0, 0.1) is 22.2 Å². The molecule has 0 aromatic heterocycles. The van der Waals surface area contributed by atoms with Crippen LogP contribution in [0.2, 0.25) is 0 Å². The second-order valence-electron chi connectivity index (χ2n) is 8.81. The second-order valence-corrected chi connectivity index (χ2v) is 8.81. The molecule has 0 amide bonds. The smallest absolute Gasteiger partial charge is 0.0936 e. The highest BCUT2D eigenvalue weighted by Crippen LogP contribution is 2.65. The number of aliphatic hydroxyl groups is 2. The van der Waals surface area contributed by atoms with Crippen molar-refractivity contribution in [3.8, 4) is 0 Å². The summed E-state index contributed by atoms with van der Waals surface area (Å²) in [6.45, 7) is 13.3. The first-order valence-electron chi connectivity index (χ1n) is 7.32. The molecule has 2 saturated carbocycles. The normalized spacial score (nSPS) is 45.3. The van der Waals surface area contributed by atoms with Crippen LogP contribution in [0.5, 0.6) is 0 Å². The van der Waals surface area contributed by atoms with Crippen LogP contribution in [0.3, 0.4) is 0 Å². The van der Waals surface area contributed by atoms with Gasteiger partial charge in [-0.15, -0.1) is 0 Å². The molecule has 2 fully saturated rings. The zero-order valence-corrected chi connectivity index (χ0v) is 12.9. The van der Waals surface area contributed by atoms with E-state index in [2.05, 4.69) is 34.6 Å². The van der Waals surface area contributed by atoms with Crippen molar-refractivity contribution in [2.24, 2.45) is 22.2 Å². The maximum atomic E-state index is 10.9. The van der Waals surface area contributed by atoms with Gasteiger partial charge in [0.2, 0.25) is 0 Å². The van der Waals surface area contributed by atoms with Crippen molar-refractivity contribution in [1.82, 2.24) is 0 Å². The molecule has 2 heteroatoms. The summed E-state index contributed by atoms with van der Waals surface area (Å²) in [5, 5.41) is 21.2. The van der Waals surface area contributed by atoms with Gasteiger partial charge in [-0.3, -0.25) is 0 Å². The Bertz CT molecular complexity index is 325. The number of hydrogen-bond acceptors (Lipinski definition) is 2. The Kier molecular flexibility index (Phi) is 2.97. The minimum absolute atomic E-state index is 0.127.